The predicted molar refractivity (Wildman–Crippen MR) is 98.0 cm³/mol. The summed E-state index contributed by atoms with van der Waals surface area (Å²) in [4.78, 5) is 16.7. The predicted octanol–water partition coefficient (Wildman–Crippen LogP) is 3.88. The van der Waals surface area contributed by atoms with Gasteiger partial charge in [0.1, 0.15) is 11.3 Å². The summed E-state index contributed by atoms with van der Waals surface area (Å²) in [5.41, 5.74) is 4.16. The number of rotatable bonds is 4. The lowest BCUT2D eigenvalue weighted by Crippen LogP contribution is -2.22. The number of benzene rings is 1. The fraction of sp³-hybridized carbons (Fsp3) is 0.105. The molecule has 130 valence electrons. The molecule has 0 spiro atoms. The van der Waals surface area contributed by atoms with Crippen LogP contribution in [0.4, 0.5) is 0 Å². The highest BCUT2D eigenvalue weighted by molar-refractivity contribution is 6.30. The first-order valence-corrected chi connectivity index (χ1v) is 8.41. The molecule has 1 aromatic carbocycles. The average molecular weight is 367 g/mol. The number of pyridine rings is 1. The third-order valence-electron chi connectivity index (χ3n) is 3.98. The zero-order chi connectivity index (χ0) is 18.1. The molecule has 4 rings (SSSR count). The summed E-state index contributed by atoms with van der Waals surface area (Å²) in [5, 5.41) is 7.37. The maximum absolute atomic E-state index is 12.3. The molecule has 1 amide bonds. The van der Waals surface area contributed by atoms with Crippen molar-refractivity contribution in [2.24, 2.45) is 0 Å². The molecule has 0 fully saturated rings. The second kappa shape index (κ2) is 6.65. The van der Waals surface area contributed by atoms with Gasteiger partial charge < -0.3 is 14.2 Å². The molecule has 3 heterocycles. The lowest BCUT2D eigenvalue weighted by Gasteiger charge is -1.98. The molecule has 3 aromatic heterocycles. The number of nitrogens with one attached hydrogen (secondary N) is 1. The van der Waals surface area contributed by atoms with Gasteiger partial charge in [0.25, 0.3) is 5.91 Å². The van der Waals surface area contributed by atoms with Crippen molar-refractivity contribution in [3.05, 3.63) is 76.9 Å². The van der Waals surface area contributed by atoms with E-state index in [2.05, 4.69) is 15.5 Å². The average Bonchev–Trinajstić information content (AvgIpc) is 3.27. The number of fused-ring (bicyclic) bond motifs is 1. The van der Waals surface area contributed by atoms with Gasteiger partial charge in [-0.1, -0.05) is 46.6 Å². The van der Waals surface area contributed by atoms with Crippen LogP contribution in [-0.4, -0.2) is 20.4 Å². The normalized spacial score (nSPS) is 11.0. The Morgan fingerprint density at radius 1 is 1.19 bits per heavy atom. The van der Waals surface area contributed by atoms with Crippen molar-refractivity contribution in [2.45, 2.75) is 13.5 Å². The van der Waals surface area contributed by atoms with E-state index in [1.54, 1.807) is 18.3 Å². The highest BCUT2D eigenvalue weighted by Gasteiger charge is 2.14. The van der Waals surface area contributed by atoms with Crippen LogP contribution in [-0.2, 0) is 6.54 Å². The van der Waals surface area contributed by atoms with Crippen molar-refractivity contribution >= 4 is 23.2 Å². The van der Waals surface area contributed by atoms with Crippen molar-refractivity contribution < 1.29 is 9.32 Å². The second-order valence-corrected chi connectivity index (χ2v) is 6.41. The highest BCUT2D eigenvalue weighted by atomic mass is 35.5. The third-order valence-corrected chi connectivity index (χ3v) is 4.20. The fourth-order valence-corrected chi connectivity index (χ4v) is 2.77. The Morgan fingerprint density at radius 3 is 2.81 bits per heavy atom. The number of carbonyl (C=O) groups excluding carboxylic acids is 1. The van der Waals surface area contributed by atoms with E-state index in [0.29, 0.717) is 10.7 Å². The van der Waals surface area contributed by atoms with Gasteiger partial charge >= 0.3 is 0 Å². The number of aryl methyl sites for hydroxylation is 1. The van der Waals surface area contributed by atoms with Crippen molar-refractivity contribution in [3.8, 4) is 11.3 Å². The molecule has 0 bridgehead atoms. The molecule has 0 aliphatic rings. The van der Waals surface area contributed by atoms with Crippen LogP contribution in [0, 0.1) is 6.92 Å². The minimum absolute atomic E-state index is 0.160. The fourth-order valence-electron chi connectivity index (χ4n) is 2.60. The number of hydrogen-bond acceptors (Lipinski definition) is 4. The van der Waals surface area contributed by atoms with Gasteiger partial charge in [0.15, 0.2) is 0 Å². The number of nitrogens with zero attached hydrogens (tertiary/aromatic N) is 3. The van der Waals surface area contributed by atoms with Gasteiger partial charge in [-0.25, -0.2) is 4.98 Å². The molecule has 0 unspecified atom stereocenters. The minimum atomic E-state index is -0.342. The van der Waals surface area contributed by atoms with Crippen LogP contribution in [0.2, 0.25) is 5.02 Å². The van der Waals surface area contributed by atoms with E-state index in [1.165, 1.54) is 0 Å². The van der Waals surface area contributed by atoms with Crippen molar-refractivity contribution in [1.29, 1.82) is 0 Å². The van der Waals surface area contributed by atoms with Crippen LogP contribution < -0.4 is 5.32 Å². The summed E-state index contributed by atoms with van der Waals surface area (Å²) in [6, 6.07) is 13.1. The van der Waals surface area contributed by atoms with Crippen molar-refractivity contribution in [2.75, 3.05) is 0 Å². The number of halogens is 1. The Kier molecular flexibility index (Phi) is 4.18. The molecular weight excluding hydrogens is 352 g/mol. The largest absolute Gasteiger partial charge is 0.350 e. The molecule has 0 saturated carbocycles. The van der Waals surface area contributed by atoms with E-state index in [9.17, 15) is 4.79 Å². The summed E-state index contributed by atoms with van der Waals surface area (Å²) >= 11 is 5.96. The van der Waals surface area contributed by atoms with Crippen LogP contribution in [0.5, 0.6) is 0 Å². The second-order valence-electron chi connectivity index (χ2n) is 5.97. The first-order chi connectivity index (χ1) is 12.6. The molecule has 26 heavy (non-hydrogen) atoms. The topological polar surface area (TPSA) is 72.4 Å². The third kappa shape index (κ3) is 3.32. The number of carbonyl (C=O) groups is 1. The Bertz CT molecular complexity index is 1080. The maximum Gasteiger partial charge on any atom is 0.290 e. The maximum atomic E-state index is 12.3. The molecule has 1 N–H and O–H groups in total. The Hall–Kier alpha value is -3.12. The Labute approximate surface area is 154 Å². The van der Waals surface area contributed by atoms with Gasteiger partial charge in [0.2, 0.25) is 5.76 Å². The molecule has 0 aliphatic carbocycles. The first-order valence-electron chi connectivity index (χ1n) is 8.03. The first kappa shape index (κ1) is 16.4. The van der Waals surface area contributed by atoms with E-state index in [4.69, 9.17) is 16.1 Å². The molecule has 0 atom stereocenters. The Balaban J connectivity index is 1.45. The van der Waals surface area contributed by atoms with Gasteiger partial charge in [-0.3, -0.25) is 4.79 Å². The quantitative estimate of drug-likeness (QED) is 0.595. The van der Waals surface area contributed by atoms with E-state index in [1.807, 2.05) is 47.9 Å². The Morgan fingerprint density at radius 2 is 2.00 bits per heavy atom. The van der Waals surface area contributed by atoms with Crippen LogP contribution >= 0.6 is 11.6 Å². The lowest BCUT2D eigenvalue weighted by atomic mass is 10.1. The smallest absolute Gasteiger partial charge is 0.290 e. The van der Waals surface area contributed by atoms with Gasteiger partial charge in [-0.15, -0.1) is 0 Å². The number of imidazole rings is 1. The summed E-state index contributed by atoms with van der Waals surface area (Å²) in [6.45, 7) is 2.29. The SMILES string of the molecule is Cc1ccc(-c2cc(C(=O)NCc3cn4cc(Cl)ccc4n3)on2)cc1. The minimum Gasteiger partial charge on any atom is -0.350 e. The zero-order valence-corrected chi connectivity index (χ0v) is 14.7. The van der Waals surface area contributed by atoms with Crippen LogP contribution in [0.25, 0.3) is 16.9 Å². The van der Waals surface area contributed by atoms with Crippen LogP contribution in [0.3, 0.4) is 0 Å². The number of hydrogen-bond donors (Lipinski definition) is 1. The van der Waals surface area contributed by atoms with Gasteiger partial charge in [0.05, 0.1) is 17.3 Å². The summed E-state index contributed by atoms with van der Waals surface area (Å²) in [6.07, 6.45) is 3.58. The lowest BCUT2D eigenvalue weighted by molar-refractivity contribution is 0.0913. The summed E-state index contributed by atoms with van der Waals surface area (Å²) in [7, 11) is 0. The monoisotopic (exact) mass is 366 g/mol. The van der Waals surface area contributed by atoms with Crippen LogP contribution in [0.1, 0.15) is 21.8 Å². The van der Waals surface area contributed by atoms with Gasteiger partial charge in [0, 0.05) is 24.0 Å². The molecular formula is C19H15ClN4O2. The van der Waals surface area contributed by atoms with Gasteiger partial charge in [-0.2, -0.15) is 0 Å². The molecule has 0 saturated heterocycles. The summed E-state index contributed by atoms with van der Waals surface area (Å²) in [5.74, 6) is -0.182. The molecule has 0 radical (unpaired) electrons. The number of aromatic nitrogens is 3. The zero-order valence-electron chi connectivity index (χ0n) is 13.9. The standard InChI is InChI=1S/C19H15ClN4O2/c1-12-2-4-13(5-3-12)16-8-17(26-23-16)19(25)21-9-15-11-24-10-14(20)6-7-18(24)22-15/h2-8,10-11H,9H2,1H3,(H,21,25). The molecule has 0 aliphatic heterocycles. The van der Waals surface area contributed by atoms with E-state index in [-0.39, 0.29) is 18.2 Å². The number of amides is 1. The summed E-state index contributed by atoms with van der Waals surface area (Å²) < 4.78 is 6.98. The van der Waals surface area contributed by atoms with Crippen LogP contribution in [0.15, 0.2) is 59.4 Å². The van der Waals surface area contributed by atoms with E-state index in [0.717, 1.165) is 22.5 Å². The van der Waals surface area contributed by atoms with E-state index < -0.39 is 0 Å². The molecule has 6 nitrogen and oxygen atoms in total. The highest BCUT2D eigenvalue weighted by Crippen LogP contribution is 2.19. The van der Waals surface area contributed by atoms with Gasteiger partial charge in [-0.05, 0) is 19.1 Å². The van der Waals surface area contributed by atoms with Crippen molar-refractivity contribution in [3.63, 3.8) is 0 Å². The molecule has 4 aromatic rings. The molecule has 7 heteroatoms. The van der Waals surface area contributed by atoms with Crippen molar-refractivity contribution in [1.82, 2.24) is 19.9 Å². The van der Waals surface area contributed by atoms with E-state index >= 15 is 0 Å².